The molecule has 0 aliphatic rings. The second kappa shape index (κ2) is 17.6. The number of amides is 4. The summed E-state index contributed by atoms with van der Waals surface area (Å²) in [5, 5.41) is 8.19. The molecule has 178 valence electrons. The second-order valence-corrected chi connectivity index (χ2v) is 7.71. The van der Waals surface area contributed by atoms with Crippen molar-refractivity contribution in [3.8, 4) is 0 Å². The highest BCUT2D eigenvalue weighted by Gasteiger charge is 2.15. The molecule has 0 radical (unpaired) electrons. The maximum Gasteiger partial charge on any atom is 0.223 e. The number of unbranched alkanes of at least 4 members (excludes halogenated alkanes) is 1. The van der Waals surface area contributed by atoms with Crippen molar-refractivity contribution in [1.82, 2.24) is 20.9 Å². The third-order valence-corrected chi connectivity index (χ3v) is 5.03. The van der Waals surface area contributed by atoms with Gasteiger partial charge in [-0.2, -0.15) is 0 Å². The Kier molecular flexibility index (Phi) is 16.4. The van der Waals surface area contributed by atoms with E-state index in [4.69, 9.17) is 5.73 Å². The largest absolute Gasteiger partial charge is 0.356 e. The second-order valence-electron chi connectivity index (χ2n) is 7.14. The summed E-state index contributed by atoms with van der Waals surface area (Å²) < 4.78 is 0. The molecule has 0 spiro atoms. The number of nitrogens with two attached hydrogens (primary N) is 1. The molecular weight excluding hydrogens is 421 g/mol. The molecular formula is C20H38N5O5P. The minimum atomic E-state index is -0.492. The summed E-state index contributed by atoms with van der Waals surface area (Å²) in [5.74, 6) is -0.641. The first-order valence-electron chi connectivity index (χ1n) is 10.8. The molecule has 0 rings (SSSR count). The molecule has 0 aromatic carbocycles. The lowest BCUT2D eigenvalue weighted by Crippen LogP contribution is -2.42. The topological polar surface area (TPSA) is 151 Å². The third kappa shape index (κ3) is 15.4. The smallest absolute Gasteiger partial charge is 0.223 e. The van der Waals surface area contributed by atoms with Crippen LogP contribution in [0.5, 0.6) is 0 Å². The molecule has 2 atom stereocenters. The van der Waals surface area contributed by atoms with Gasteiger partial charge in [-0.1, -0.05) is 23.1 Å². The van der Waals surface area contributed by atoms with Crippen LogP contribution in [-0.4, -0.2) is 72.8 Å². The summed E-state index contributed by atoms with van der Waals surface area (Å²) in [4.78, 5) is 59.9. The first-order valence-corrected chi connectivity index (χ1v) is 11.4. The summed E-state index contributed by atoms with van der Waals surface area (Å²) in [6.45, 7) is 5.19. The summed E-state index contributed by atoms with van der Waals surface area (Å²) in [7, 11) is 2.06. The molecule has 1 unspecified atom stereocenters. The van der Waals surface area contributed by atoms with Crippen LogP contribution in [0.2, 0.25) is 0 Å². The van der Waals surface area contributed by atoms with Crippen molar-refractivity contribution in [2.45, 2.75) is 64.8 Å². The highest BCUT2D eigenvalue weighted by Crippen LogP contribution is 2.03. The highest BCUT2D eigenvalue weighted by molar-refractivity contribution is 7.40. The van der Waals surface area contributed by atoms with E-state index in [0.29, 0.717) is 58.4 Å². The van der Waals surface area contributed by atoms with E-state index in [-0.39, 0.29) is 42.0 Å². The maximum atomic E-state index is 12.5. The van der Waals surface area contributed by atoms with Gasteiger partial charge in [0.05, 0.1) is 6.04 Å². The number of rotatable bonds is 17. The molecule has 0 saturated heterocycles. The van der Waals surface area contributed by atoms with Crippen molar-refractivity contribution < 1.29 is 24.0 Å². The van der Waals surface area contributed by atoms with Crippen molar-refractivity contribution in [2.24, 2.45) is 5.73 Å². The van der Waals surface area contributed by atoms with E-state index in [2.05, 4.69) is 25.2 Å². The monoisotopic (exact) mass is 459 g/mol. The van der Waals surface area contributed by atoms with Crippen molar-refractivity contribution >= 4 is 38.4 Å². The van der Waals surface area contributed by atoms with Gasteiger partial charge in [0.2, 0.25) is 23.6 Å². The van der Waals surface area contributed by atoms with Crippen LogP contribution >= 0.6 is 9.24 Å². The summed E-state index contributed by atoms with van der Waals surface area (Å²) >= 11 is 0. The predicted octanol–water partition coefficient (Wildman–Crippen LogP) is -0.337. The Morgan fingerprint density at radius 3 is 1.81 bits per heavy atom. The van der Waals surface area contributed by atoms with Gasteiger partial charge in [-0.25, -0.2) is 0 Å². The van der Waals surface area contributed by atoms with E-state index >= 15 is 0 Å². The molecule has 5 N–H and O–H groups in total. The van der Waals surface area contributed by atoms with E-state index in [1.807, 2.05) is 0 Å². The molecule has 0 fully saturated rings. The average Bonchev–Trinajstić information content (AvgIpc) is 2.75. The van der Waals surface area contributed by atoms with Gasteiger partial charge in [-0.05, 0) is 19.3 Å². The quantitative estimate of drug-likeness (QED) is 0.173. The molecule has 10 nitrogen and oxygen atoms in total. The Labute approximate surface area is 187 Å². The van der Waals surface area contributed by atoms with E-state index in [1.165, 1.54) is 0 Å². The van der Waals surface area contributed by atoms with Crippen LogP contribution < -0.4 is 21.7 Å². The SMILES string of the molecule is CCC(=O)NCCN(CCNC(=O)CC)C(=O)CCC(=O)NCCCC[C@H](N)C(=O)P. The van der Waals surface area contributed by atoms with Gasteiger partial charge < -0.3 is 26.6 Å². The van der Waals surface area contributed by atoms with Gasteiger partial charge >= 0.3 is 0 Å². The van der Waals surface area contributed by atoms with Gasteiger partial charge in [-0.3, -0.25) is 24.0 Å². The van der Waals surface area contributed by atoms with Crippen LogP contribution in [0.1, 0.15) is 58.8 Å². The number of nitrogens with one attached hydrogen (secondary N) is 3. The van der Waals surface area contributed by atoms with E-state index in [1.54, 1.807) is 18.7 Å². The molecule has 0 aromatic rings. The van der Waals surface area contributed by atoms with Crippen LogP contribution in [0.15, 0.2) is 0 Å². The first kappa shape index (κ1) is 28.9. The fourth-order valence-corrected chi connectivity index (χ4v) is 2.76. The van der Waals surface area contributed by atoms with Crippen LogP contribution in [0.25, 0.3) is 0 Å². The van der Waals surface area contributed by atoms with Crippen molar-refractivity contribution in [2.75, 3.05) is 32.7 Å². The number of carbonyl (C=O) groups excluding carboxylic acids is 5. The van der Waals surface area contributed by atoms with E-state index in [0.717, 1.165) is 6.42 Å². The zero-order valence-electron chi connectivity index (χ0n) is 18.7. The Bertz CT molecular complexity index is 581. The minimum absolute atomic E-state index is 0.0434. The van der Waals surface area contributed by atoms with Gasteiger partial charge in [0.25, 0.3) is 0 Å². The van der Waals surface area contributed by atoms with Crippen molar-refractivity contribution in [3.63, 3.8) is 0 Å². The first-order chi connectivity index (χ1) is 14.7. The predicted molar refractivity (Wildman–Crippen MR) is 122 cm³/mol. The number of hydrogen-bond acceptors (Lipinski definition) is 6. The molecule has 0 saturated carbocycles. The lowest BCUT2D eigenvalue weighted by Gasteiger charge is -2.23. The standard InChI is InChI=1S/C20H38N5O5P/c1-3-16(26)23-11-13-25(14-12-24-17(27)4-2)19(29)9-8-18(28)22-10-6-5-7-15(21)20(30)31/h15H,3-14,21,31H2,1-2H3,(H,22,28)(H,23,26)(H,24,27)/t15-/m0/s1. The van der Waals surface area contributed by atoms with Crippen LogP contribution in [0, 0.1) is 0 Å². The Morgan fingerprint density at radius 2 is 1.32 bits per heavy atom. The number of carbonyl (C=O) groups is 5. The molecule has 4 amide bonds. The summed E-state index contributed by atoms with van der Waals surface area (Å²) in [5.41, 5.74) is 5.51. The Morgan fingerprint density at radius 1 is 0.806 bits per heavy atom. The molecule has 0 aliphatic heterocycles. The maximum absolute atomic E-state index is 12.5. The average molecular weight is 460 g/mol. The molecule has 11 heteroatoms. The van der Waals surface area contributed by atoms with E-state index in [9.17, 15) is 24.0 Å². The fourth-order valence-electron chi connectivity index (χ4n) is 2.60. The van der Waals surface area contributed by atoms with Crippen molar-refractivity contribution in [1.29, 1.82) is 0 Å². The third-order valence-electron chi connectivity index (χ3n) is 4.60. The number of hydrogen-bond donors (Lipinski definition) is 4. The Hall–Kier alpha value is -2.06. The molecule has 31 heavy (non-hydrogen) atoms. The van der Waals surface area contributed by atoms with Gasteiger partial charge in [0.1, 0.15) is 0 Å². The highest BCUT2D eigenvalue weighted by atomic mass is 31.0. The van der Waals surface area contributed by atoms with Crippen LogP contribution in [-0.2, 0) is 24.0 Å². The van der Waals surface area contributed by atoms with Crippen LogP contribution in [0.3, 0.4) is 0 Å². The zero-order valence-corrected chi connectivity index (χ0v) is 19.9. The lowest BCUT2D eigenvalue weighted by atomic mass is 10.1. The zero-order chi connectivity index (χ0) is 23.6. The fraction of sp³-hybridized carbons (Fsp3) is 0.750. The van der Waals surface area contributed by atoms with Crippen LogP contribution in [0.4, 0.5) is 0 Å². The Balaban J connectivity index is 4.31. The summed E-state index contributed by atoms with van der Waals surface area (Å²) in [6, 6.07) is -0.492. The van der Waals surface area contributed by atoms with Gasteiger partial charge in [0, 0.05) is 58.4 Å². The van der Waals surface area contributed by atoms with E-state index < -0.39 is 6.04 Å². The summed E-state index contributed by atoms with van der Waals surface area (Å²) in [6.07, 6.45) is 2.81. The molecule has 0 aromatic heterocycles. The van der Waals surface area contributed by atoms with Crippen molar-refractivity contribution in [3.05, 3.63) is 0 Å². The molecule has 0 bridgehead atoms. The minimum Gasteiger partial charge on any atom is -0.356 e. The lowest BCUT2D eigenvalue weighted by molar-refractivity contribution is -0.134. The van der Waals surface area contributed by atoms with Gasteiger partial charge in [0.15, 0.2) is 5.52 Å². The molecule has 0 aliphatic carbocycles. The normalized spacial score (nSPS) is 11.4. The van der Waals surface area contributed by atoms with Gasteiger partial charge in [-0.15, -0.1) is 0 Å². The number of nitrogens with zero attached hydrogens (tertiary/aromatic N) is 1. The molecule has 0 heterocycles.